The first-order valence-electron chi connectivity index (χ1n) is 37.3. The third kappa shape index (κ3) is 15.4. The van der Waals surface area contributed by atoms with Gasteiger partial charge in [-0.25, -0.2) is 47.9 Å². The van der Waals surface area contributed by atoms with Crippen molar-refractivity contribution in [3.8, 4) is 172 Å². The molecular formula is C82H56O52. The van der Waals surface area contributed by atoms with Gasteiger partial charge in [-0.05, 0) is 72.8 Å². The summed E-state index contributed by atoms with van der Waals surface area (Å²) in [5.41, 5.74) is -16.1. The Morgan fingerprint density at radius 3 is 1.26 bits per heavy atom. The van der Waals surface area contributed by atoms with Gasteiger partial charge in [-0.3, -0.25) is 9.59 Å². The number of allylic oxidation sites excluding steroid dienone is 1. The number of aromatic hydroxyl groups is 25. The largest absolute Gasteiger partial charge is 0.504 e. The van der Waals surface area contributed by atoms with Crippen LogP contribution in [0.3, 0.4) is 0 Å². The fourth-order valence-corrected chi connectivity index (χ4v) is 14.6. The summed E-state index contributed by atoms with van der Waals surface area (Å²) in [6, 6.07) is 4.77. The van der Waals surface area contributed by atoms with Crippen LogP contribution in [0.4, 0.5) is 0 Å². The monoisotopic (exact) mass is 1870 g/mol. The van der Waals surface area contributed by atoms with E-state index < -0.39 is 391 Å². The third-order valence-electron chi connectivity index (χ3n) is 21.0. The Labute approximate surface area is 736 Å². The van der Waals surface area contributed by atoms with Crippen LogP contribution in [0, 0.1) is 0 Å². The summed E-state index contributed by atoms with van der Waals surface area (Å²) in [4.78, 5) is 176. The molecule has 0 amide bonds. The summed E-state index contributed by atoms with van der Waals surface area (Å²) in [6.07, 6.45) is -28.3. The maximum atomic E-state index is 15.7. The Bertz CT molecular complexity index is 6620. The number of aliphatic hydroxyl groups is 1. The second-order valence-electron chi connectivity index (χ2n) is 29.3. The van der Waals surface area contributed by atoms with E-state index in [1.807, 2.05) is 0 Å². The van der Waals surface area contributed by atoms with Crippen molar-refractivity contribution in [2.75, 3.05) is 13.2 Å². The standard InChI is InChI=1S/C82H56O52/c83-28-1-18(2-29(84)49(28)97)70(110)121-16-43-62(126-71(111)19-3-30(85)50(98)31(86)4-19)65(128-72(112)20-5-32(87)51(99)33(88)6-20)67(80(124-43)132-73(113)21-7-34(89)52(100)35(90)8-21)131-79(119)27-14-39(94)55(103)60(108)61(27)123-42-15-25-46(59(107)57(42)105)45-23(11-38(93)54(102)58(45)106)76(116)129-66-63-44(17-122-75(25)115)125-81(133-74(114)22-9-36(91)53(101)37(92)10-22)68(66)130-77(117)24-12-40(95)56(104)64-47(24)48-26(78(118)127-63)13-41(96)69(109)82(48,120)134-64/h1-15,43-44,48,62-63,65-68,80-81,83-95,97-108,120H,16-17H2. The number of ketones is 2. The molecule has 6 aliphatic rings. The molecule has 0 saturated carbocycles. The second kappa shape index (κ2) is 33.1. The van der Waals surface area contributed by atoms with Gasteiger partial charge >= 0.3 is 59.7 Å². The lowest BCUT2D eigenvalue weighted by molar-refractivity contribution is -0.286. The molecule has 4 bridgehead atoms. The fraction of sp³-hybridized carbons (Fsp3) is 0.171. The number of hydrogen-bond donors (Lipinski definition) is 26. The topological polar surface area (TPSA) is 860 Å². The highest BCUT2D eigenvalue weighted by Crippen LogP contribution is 2.60. The van der Waals surface area contributed by atoms with Gasteiger partial charge in [0, 0.05) is 34.9 Å². The van der Waals surface area contributed by atoms with E-state index in [2.05, 4.69) is 0 Å². The lowest BCUT2D eigenvalue weighted by atomic mass is 9.76. The molecule has 0 radical (unpaired) electrons. The quantitative estimate of drug-likeness (QED) is 0.0301. The number of phenolic OH excluding ortho intramolecular Hbond substituents is 25. The van der Waals surface area contributed by atoms with Gasteiger partial charge in [0.15, 0.2) is 157 Å². The van der Waals surface area contributed by atoms with Gasteiger partial charge < -0.3 is 199 Å². The molecule has 9 aromatic carbocycles. The second-order valence-corrected chi connectivity index (χ2v) is 29.3. The highest BCUT2D eigenvalue weighted by atomic mass is 16.8. The van der Waals surface area contributed by atoms with Gasteiger partial charge in [-0.15, -0.1) is 0 Å². The summed E-state index contributed by atoms with van der Waals surface area (Å²) in [6.45, 7) is -3.25. The average Bonchev–Trinajstić information content (AvgIpc) is 1.53. The van der Waals surface area contributed by atoms with E-state index in [-0.39, 0.29) is 24.3 Å². The van der Waals surface area contributed by atoms with Crippen molar-refractivity contribution in [3.63, 3.8) is 0 Å². The fourth-order valence-electron chi connectivity index (χ4n) is 14.6. The number of Topliss-reactive ketones (excluding diaryl/α,β-unsaturated/α-hetero) is 1. The molecule has 5 aliphatic heterocycles. The summed E-state index contributed by atoms with van der Waals surface area (Å²) >= 11 is 0. The number of rotatable bonds is 15. The van der Waals surface area contributed by atoms with E-state index in [1.54, 1.807) is 0 Å². The molecule has 5 heterocycles. The van der Waals surface area contributed by atoms with Crippen molar-refractivity contribution in [1.29, 1.82) is 0 Å². The number of esters is 10. The summed E-state index contributed by atoms with van der Waals surface area (Å²) < 4.78 is 80.0. The molecular weight excluding hydrogens is 1820 g/mol. The minimum atomic E-state index is -3.68. The van der Waals surface area contributed by atoms with Gasteiger partial charge in [-0.1, -0.05) is 0 Å². The van der Waals surface area contributed by atoms with Crippen molar-refractivity contribution in [3.05, 3.63) is 152 Å². The van der Waals surface area contributed by atoms with Crippen LogP contribution in [-0.2, 0) is 71.2 Å². The third-order valence-corrected chi connectivity index (χ3v) is 21.0. The van der Waals surface area contributed by atoms with Crippen molar-refractivity contribution >= 4 is 71.3 Å². The van der Waals surface area contributed by atoms with Crippen LogP contribution in [0.25, 0.3) is 11.1 Å². The summed E-state index contributed by atoms with van der Waals surface area (Å²) in [5.74, 6) is -70.7. The van der Waals surface area contributed by atoms with Crippen molar-refractivity contribution in [1.82, 2.24) is 0 Å². The van der Waals surface area contributed by atoms with E-state index >= 15 is 24.0 Å². The summed E-state index contributed by atoms with van der Waals surface area (Å²) in [7, 11) is 0. The lowest BCUT2D eigenvalue weighted by Crippen LogP contribution is -2.63. The van der Waals surface area contributed by atoms with Crippen molar-refractivity contribution < 1.29 is 257 Å². The minimum absolute atomic E-state index is 0.0499. The molecule has 52 heteroatoms. The number of carbonyl (C=O) groups is 12. The average molecular weight is 1870 g/mol. The van der Waals surface area contributed by atoms with Crippen LogP contribution >= 0.6 is 0 Å². The molecule has 26 N–H and O–H groups in total. The van der Waals surface area contributed by atoms with Crippen LogP contribution in [0.5, 0.6) is 161 Å². The Kier molecular flexibility index (Phi) is 22.3. The molecule has 1 aliphatic carbocycles. The molecule has 696 valence electrons. The number of phenols is 25. The number of cyclic esters (lactones) is 1. The molecule has 12 unspecified atom stereocenters. The molecule has 134 heavy (non-hydrogen) atoms. The number of carbonyl (C=O) groups excluding carboxylic acids is 12. The zero-order chi connectivity index (χ0) is 97.4. The van der Waals surface area contributed by atoms with E-state index in [9.17, 15) is 166 Å². The molecule has 2 saturated heterocycles. The number of ether oxygens (including phenoxy) is 14. The Morgan fingerprint density at radius 2 is 0.754 bits per heavy atom. The number of benzene rings is 9. The van der Waals surface area contributed by atoms with E-state index in [1.165, 1.54) is 0 Å². The van der Waals surface area contributed by atoms with Crippen LogP contribution in [0.15, 0.2) is 96.6 Å². The van der Waals surface area contributed by atoms with Gasteiger partial charge in [-0.2, -0.15) is 0 Å². The zero-order valence-corrected chi connectivity index (χ0v) is 65.7. The Morgan fingerprint density at radius 1 is 0.358 bits per heavy atom. The number of fused-ring (bicyclic) bond motifs is 3. The van der Waals surface area contributed by atoms with Crippen molar-refractivity contribution in [2.24, 2.45) is 0 Å². The van der Waals surface area contributed by atoms with Gasteiger partial charge in [0.1, 0.15) is 31.0 Å². The maximum absolute atomic E-state index is 15.7. The SMILES string of the molecule is O=C1C=C2C(=O)OC3C4COC(=O)c5cc(Oc6c(C(=O)OC7C(OC(=O)c8cc(O)c(O)c(O)c8)OC(COC(=O)c8cc(O)c(O)c(O)c8)C(OC(=O)c8cc(O)c(O)c(O)c8)C7OC(=O)c7cc(O)c(O)c(O)c7)cc(O)c(O)c6O)c(O)c(O)c5-c5c(cc(O)c(O)c5O)C(=O)OC3C(OC(=O)c3cc(O)c(O)c5c3C2C(O)(O5)C1=O)C(OC(=O)c1cc(O)c(O)c(O)c1)O4. The van der Waals surface area contributed by atoms with Crippen LogP contribution in [-0.4, -0.2) is 284 Å². The van der Waals surface area contributed by atoms with Crippen LogP contribution in [0.1, 0.15) is 105 Å². The predicted molar refractivity (Wildman–Crippen MR) is 410 cm³/mol. The van der Waals surface area contributed by atoms with Crippen molar-refractivity contribution in [2.45, 2.75) is 73.1 Å². The van der Waals surface area contributed by atoms with Gasteiger partial charge in [0.05, 0.1) is 56.0 Å². The van der Waals surface area contributed by atoms with Crippen LogP contribution in [0.2, 0.25) is 0 Å². The van der Waals surface area contributed by atoms with Gasteiger partial charge in [0.2, 0.25) is 59.3 Å². The van der Waals surface area contributed by atoms with Crippen LogP contribution < -0.4 is 9.47 Å². The highest BCUT2D eigenvalue weighted by Gasteiger charge is 2.65. The first-order chi connectivity index (χ1) is 63.1. The van der Waals surface area contributed by atoms with E-state index in [4.69, 9.17) is 66.3 Å². The lowest BCUT2D eigenvalue weighted by Gasteiger charge is -2.44. The summed E-state index contributed by atoms with van der Waals surface area (Å²) in [5, 5.41) is 284. The molecule has 2 fully saturated rings. The molecule has 12 atom stereocenters. The minimum Gasteiger partial charge on any atom is -0.504 e. The van der Waals surface area contributed by atoms with E-state index in [0.717, 1.165) is 0 Å². The Hall–Kier alpha value is -18.8. The highest BCUT2D eigenvalue weighted by molar-refractivity contribution is 6.46. The van der Waals surface area contributed by atoms with E-state index in [0.29, 0.717) is 66.7 Å². The maximum Gasteiger partial charge on any atom is 0.342 e. The Balaban J connectivity index is 0.872. The first kappa shape index (κ1) is 90.0. The first-order valence-corrected chi connectivity index (χ1v) is 37.3. The predicted octanol–water partition coefficient (Wildman–Crippen LogP) is 1.87. The molecule has 15 rings (SSSR count). The molecule has 0 aromatic heterocycles. The molecule has 52 nitrogen and oxygen atoms in total. The molecule has 0 spiro atoms. The number of hydrogen-bond acceptors (Lipinski definition) is 52. The zero-order valence-electron chi connectivity index (χ0n) is 65.7. The smallest absolute Gasteiger partial charge is 0.342 e. The molecule has 9 aromatic rings. The normalized spacial score (nSPS) is 21.5. The van der Waals surface area contributed by atoms with Gasteiger partial charge in [0.25, 0.3) is 11.6 Å².